The molecule has 1 fully saturated rings. The van der Waals surface area contributed by atoms with Gasteiger partial charge in [0.05, 0.1) is 5.02 Å². The van der Waals surface area contributed by atoms with Crippen molar-refractivity contribution in [1.82, 2.24) is 14.8 Å². The van der Waals surface area contributed by atoms with Crippen molar-refractivity contribution in [1.29, 1.82) is 0 Å². The molecule has 1 saturated heterocycles. The maximum absolute atomic E-state index is 12.5. The van der Waals surface area contributed by atoms with E-state index < -0.39 is 29.7 Å². The van der Waals surface area contributed by atoms with Crippen LogP contribution in [0.5, 0.6) is 11.6 Å². The minimum absolute atomic E-state index is 0.155. The Morgan fingerprint density at radius 3 is 2.21 bits per heavy atom. The Labute approximate surface area is 175 Å². The Balaban J connectivity index is 1.70. The van der Waals surface area contributed by atoms with Gasteiger partial charge in [0.1, 0.15) is 10.8 Å². The summed E-state index contributed by atoms with van der Waals surface area (Å²) in [6.45, 7) is 0. The predicted molar refractivity (Wildman–Crippen MR) is 104 cm³/mol. The van der Waals surface area contributed by atoms with E-state index >= 15 is 0 Å². The number of urea groups is 1. The third kappa shape index (κ3) is 4.15. The first-order valence-electron chi connectivity index (χ1n) is 8.18. The number of rotatable bonds is 4. The van der Waals surface area contributed by atoms with Crippen LogP contribution in [0.3, 0.4) is 0 Å². The zero-order chi connectivity index (χ0) is 21.3. The van der Waals surface area contributed by atoms with Gasteiger partial charge in [-0.2, -0.15) is 0 Å². The van der Waals surface area contributed by atoms with E-state index in [0.29, 0.717) is 16.5 Å². The molecule has 2 aromatic rings. The van der Waals surface area contributed by atoms with Crippen LogP contribution in [0.2, 0.25) is 10.0 Å². The van der Waals surface area contributed by atoms with Gasteiger partial charge in [-0.25, -0.2) is 9.78 Å². The third-order valence-corrected chi connectivity index (χ3v) is 4.58. The summed E-state index contributed by atoms with van der Waals surface area (Å²) in [6.07, 6.45) is 1.38. The van der Waals surface area contributed by atoms with Gasteiger partial charge >= 0.3 is 6.03 Å². The summed E-state index contributed by atoms with van der Waals surface area (Å²) in [4.78, 5) is 54.0. The summed E-state index contributed by atoms with van der Waals surface area (Å²) in [5.74, 6) is -3.73. The lowest BCUT2D eigenvalue weighted by Gasteiger charge is -2.32. The molecule has 5 amide bonds. The standard InChI is InChI=1S/C18H14Cl2N4O5/c1-23-16(26)13(17(27)24(2)18(23)28)14(25)22-10-3-5-11(6-4-10)29-15-12(20)7-9(19)8-21-15/h3-8,13H,1-2H3,(H,22,25). The van der Waals surface area contributed by atoms with E-state index in [2.05, 4.69) is 10.3 Å². The van der Waals surface area contributed by atoms with E-state index in [-0.39, 0.29) is 10.9 Å². The SMILES string of the molecule is CN1C(=O)C(C(=O)Nc2ccc(Oc3ncc(Cl)cc3Cl)cc2)C(=O)N(C)C1=O. The molecule has 1 N–H and O–H groups in total. The van der Waals surface area contributed by atoms with Crippen molar-refractivity contribution in [2.75, 3.05) is 19.4 Å². The number of halogens is 2. The molecule has 1 aromatic heterocycles. The van der Waals surface area contributed by atoms with Crippen LogP contribution in [0.25, 0.3) is 0 Å². The molecule has 0 atom stereocenters. The maximum Gasteiger partial charge on any atom is 0.332 e. The number of hydrogen-bond donors (Lipinski definition) is 1. The number of anilines is 1. The fraction of sp³-hybridized carbons (Fsp3) is 0.167. The molecule has 0 spiro atoms. The lowest BCUT2D eigenvalue weighted by Crippen LogP contribution is -2.59. The number of nitrogens with one attached hydrogen (secondary N) is 1. The first-order valence-corrected chi connectivity index (χ1v) is 8.93. The van der Waals surface area contributed by atoms with Crippen LogP contribution in [-0.2, 0) is 14.4 Å². The number of amides is 5. The molecule has 29 heavy (non-hydrogen) atoms. The molecule has 1 aliphatic rings. The second-order valence-corrected chi connectivity index (χ2v) is 6.91. The zero-order valence-electron chi connectivity index (χ0n) is 15.2. The van der Waals surface area contributed by atoms with Gasteiger partial charge in [0, 0.05) is 26.0 Å². The number of carbonyl (C=O) groups excluding carboxylic acids is 4. The van der Waals surface area contributed by atoms with Crippen LogP contribution in [0.4, 0.5) is 10.5 Å². The van der Waals surface area contributed by atoms with Crippen molar-refractivity contribution >= 4 is 52.6 Å². The van der Waals surface area contributed by atoms with Gasteiger partial charge in [-0.1, -0.05) is 23.2 Å². The number of aromatic nitrogens is 1. The van der Waals surface area contributed by atoms with Gasteiger partial charge in [-0.05, 0) is 30.3 Å². The molecule has 1 aromatic carbocycles. The van der Waals surface area contributed by atoms with E-state index in [1.807, 2.05) is 0 Å². The minimum Gasteiger partial charge on any atom is -0.438 e. The zero-order valence-corrected chi connectivity index (χ0v) is 16.7. The molecule has 2 heterocycles. The van der Waals surface area contributed by atoms with Crippen LogP contribution in [-0.4, -0.2) is 52.6 Å². The molecule has 3 rings (SSSR count). The number of barbiturate groups is 1. The lowest BCUT2D eigenvalue weighted by atomic mass is 10.0. The van der Waals surface area contributed by atoms with Crippen molar-refractivity contribution in [2.24, 2.45) is 5.92 Å². The molecule has 9 nitrogen and oxygen atoms in total. The van der Waals surface area contributed by atoms with E-state index in [1.54, 1.807) is 0 Å². The molecule has 150 valence electrons. The van der Waals surface area contributed by atoms with Gasteiger partial charge < -0.3 is 10.1 Å². The number of hydrogen-bond acceptors (Lipinski definition) is 6. The fourth-order valence-corrected chi connectivity index (χ4v) is 2.96. The van der Waals surface area contributed by atoms with Crippen molar-refractivity contribution < 1.29 is 23.9 Å². The summed E-state index contributed by atoms with van der Waals surface area (Å²) >= 11 is 11.8. The van der Waals surface area contributed by atoms with Crippen LogP contribution in [0, 0.1) is 5.92 Å². The number of ether oxygens (including phenoxy) is 1. The van der Waals surface area contributed by atoms with Crippen LogP contribution in [0.15, 0.2) is 36.5 Å². The van der Waals surface area contributed by atoms with E-state index in [9.17, 15) is 19.2 Å². The van der Waals surface area contributed by atoms with Gasteiger partial charge in [-0.15, -0.1) is 0 Å². The molecular formula is C18H14Cl2N4O5. The van der Waals surface area contributed by atoms with E-state index in [0.717, 1.165) is 9.80 Å². The predicted octanol–water partition coefficient (Wildman–Crippen LogP) is 2.79. The van der Waals surface area contributed by atoms with Crippen molar-refractivity contribution in [3.8, 4) is 11.6 Å². The topological polar surface area (TPSA) is 109 Å². The molecule has 0 unspecified atom stereocenters. The molecule has 0 aliphatic carbocycles. The Morgan fingerprint density at radius 2 is 1.66 bits per heavy atom. The second-order valence-electron chi connectivity index (χ2n) is 6.07. The normalized spacial score (nSPS) is 15.0. The second kappa shape index (κ2) is 8.06. The molecule has 0 bridgehead atoms. The van der Waals surface area contributed by atoms with Crippen molar-refractivity contribution in [3.63, 3.8) is 0 Å². The van der Waals surface area contributed by atoms with Gasteiger partial charge in [0.25, 0.3) is 11.8 Å². The summed E-state index contributed by atoms with van der Waals surface area (Å²) in [5.41, 5.74) is 0.320. The molecular weight excluding hydrogens is 423 g/mol. The number of carbonyl (C=O) groups is 4. The van der Waals surface area contributed by atoms with Crippen LogP contribution >= 0.6 is 23.2 Å². The maximum atomic E-state index is 12.5. The van der Waals surface area contributed by atoms with E-state index in [4.69, 9.17) is 27.9 Å². The lowest BCUT2D eigenvalue weighted by molar-refractivity contribution is -0.151. The number of pyridine rings is 1. The van der Waals surface area contributed by atoms with Crippen LogP contribution < -0.4 is 10.1 Å². The van der Waals surface area contributed by atoms with Crippen molar-refractivity contribution in [2.45, 2.75) is 0 Å². The highest BCUT2D eigenvalue weighted by Gasteiger charge is 2.46. The summed E-state index contributed by atoms with van der Waals surface area (Å²) in [7, 11) is 2.41. The van der Waals surface area contributed by atoms with E-state index in [1.165, 1.54) is 50.6 Å². The highest BCUT2D eigenvalue weighted by Crippen LogP contribution is 2.29. The molecule has 0 radical (unpaired) electrons. The third-order valence-electron chi connectivity index (χ3n) is 4.10. The van der Waals surface area contributed by atoms with Gasteiger partial charge in [-0.3, -0.25) is 24.2 Å². The number of nitrogens with zero attached hydrogens (tertiary/aromatic N) is 3. The molecule has 0 saturated carbocycles. The average molecular weight is 437 g/mol. The largest absolute Gasteiger partial charge is 0.438 e. The average Bonchev–Trinajstić information content (AvgIpc) is 2.68. The highest BCUT2D eigenvalue weighted by atomic mass is 35.5. The van der Waals surface area contributed by atoms with Crippen molar-refractivity contribution in [3.05, 3.63) is 46.6 Å². The Morgan fingerprint density at radius 1 is 1.07 bits per heavy atom. The summed E-state index contributed by atoms with van der Waals surface area (Å²) in [6, 6.07) is 6.78. The Bertz CT molecular complexity index is 988. The molecule has 11 heteroatoms. The monoisotopic (exact) mass is 436 g/mol. The number of imide groups is 2. The van der Waals surface area contributed by atoms with Gasteiger partial charge in [0.2, 0.25) is 11.8 Å². The Hall–Kier alpha value is -3.17. The fourth-order valence-electron chi connectivity index (χ4n) is 2.54. The minimum atomic E-state index is -1.64. The smallest absolute Gasteiger partial charge is 0.332 e. The first-order chi connectivity index (χ1) is 13.7. The molecule has 1 aliphatic heterocycles. The first kappa shape index (κ1) is 20.6. The summed E-state index contributed by atoms with van der Waals surface area (Å²) < 4.78 is 5.54. The Kier molecular flexibility index (Phi) is 5.71. The summed E-state index contributed by atoms with van der Waals surface area (Å²) in [5, 5.41) is 3.07. The number of benzene rings is 1. The highest BCUT2D eigenvalue weighted by molar-refractivity contribution is 6.35. The van der Waals surface area contributed by atoms with Crippen LogP contribution in [0.1, 0.15) is 0 Å². The van der Waals surface area contributed by atoms with Gasteiger partial charge in [0.15, 0.2) is 5.92 Å². The quantitative estimate of drug-likeness (QED) is 0.737.